The van der Waals surface area contributed by atoms with Gasteiger partial charge in [-0.15, -0.1) is 0 Å². The number of nitrogens with two attached hydrogens (primary N) is 1. The quantitative estimate of drug-likeness (QED) is 0.871. The van der Waals surface area contributed by atoms with Crippen LogP contribution in [-0.4, -0.2) is 51.8 Å². The number of morpholine rings is 1. The summed E-state index contributed by atoms with van der Waals surface area (Å²) < 4.78 is 11.8. The van der Waals surface area contributed by atoms with E-state index >= 15 is 0 Å². The van der Waals surface area contributed by atoms with Crippen LogP contribution in [0.3, 0.4) is 0 Å². The lowest BCUT2D eigenvalue weighted by atomic mass is 10.1. The van der Waals surface area contributed by atoms with Gasteiger partial charge in [0.15, 0.2) is 5.82 Å². The van der Waals surface area contributed by atoms with E-state index in [0.29, 0.717) is 30.5 Å². The highest BCUT2D eigenvalue weighted by atomic mass is 16.5. The minimum Gasteiger partial charge on any atom is -0.477 e. The molecule has 2 N–H and O–H groups in total. The lowest BCUT2D eigenvalue weighted by Crippen LogP contribution is -2.43. The number of aromatic nitrogens is 4. The lowest BCUT2D eigenvalue weighted by molar-refractivity contribution is 0.0301. The molecule has 0 radical (unpaired) electrons. The van der Waals surface area contributed by atoms with Crippen molar-refractivity contribution in [3.63, 3.8) is 0 Å². The van der Waals surface area contributed by atoms with E-state index in [-0.39, 0.29) is 5.95 Å². The van der Waals surface area contributed by atoms with Crippen molar-refractivity contribution in [3.8, 4) is 17.3 Å². The summed E-state index contributed by atoms with van der Waals surface area (Å²) in [7, 11) is 0. The van der Waals surface area contributed by atoms with E-state index in [1.807, 2.05) is 0 Å². The van der Waals surface area contributed by atoms with E-state index < -0.39 is 0 Å². The normalized spacial score (nSPS) is 24.7. The second-order valence-corrected chi connectivity index (χ2v) is 6.80. The van der Waals surface area contributed by atoms with Gasteiger partial charge in [0.1, 0.15) is 5.82 Å². The van der Waals surface area contributed by atoms with Crippen LogP contribution in [0.2, 0.25) is 0 Å². The van der Waals surface area contributed by atoms with Gasteiger partial charge in [0.25, 0.3) is 0 Å². The SMILES string of the molecule is Nc1ncc(-c2nc3c(c(N4CC5CCC(C4)O5)n2)CCCO3)cn1. The Morgan fingerprint density at radius 2 is 1.84 bits per heavy atom. The van der Waals surface area contributed by atoms with E-state index in [4.69, 9.17) is 20.2 Å². The molecule has 8 heteroatoms. The van der Waals surface area contributed by atoms with Gasteiger partial charge in [0.2, 0.25) is 11.8 Å². The van der Waals surface area contributed by atoms with Gasteiger partial charge in [-0.25, -0.2) is 15.0 Å². The summed E-state index contributed by atoms with van der Waals surface area (Å²) in [6, 6.07) is 0. The largest absolute Gasteiger partial charge is 0.477 e. The lowest BCUT2D eigenvalue weighted by Gasteiger charge is -2.35. The van der Waals surface area contributed by atoms with Crippen molar-refractivity contribution >= 4 is 11.8 Å². The van der Waals surface area contributed by atoms with Crippen LogP contribution in [0.15, 0.2) is 12.4 Å². The summed E-state index contributed by atoms with van der Waals surface area (Å²) in [6.07, 6.45) is 8.10. The average Bonchev–Trinajstić information content (AvgIpc) is 2.99. The Kier molecular flexibility index (Phi) is 3.44. The smallest absolute Gasteiger partial charge is 0.222 e. The highest BCUT2D eigenvalue weighted by molar-refractivity contribution is 5.62. The van der Waals surface area contributed by atoms with Crippen LogP contribution in [0.5, 0.6) is 5.88 Å². The Balaban J connectivity index is 1.58. The van der Waals surface area contributed by atoms with Gasteiger partial charge in [-0.05, 0) is 25.7 Å². The standard InChI is InChI=1S/C17H20N6O2/c18-17-19-6-10(7-20-17)14-21-15(13-2-1-5-24-16(13)22-14)23-8-11-3-4-12(9-23)25-11/h6-7,11-12H,1-5,8-9H2,(H2,18,19,20). The number of nitrogens with zero attached hydrogens (tertiary/aromatic N) is 5. The van der Waals surface area contributed by atoms with E-state index in [1.54, 1.807) is 12.4 Å². The Labute approximate surface area is 145 Å². The second-order valence-electron chi connectivity index (χ2n) is 6.80. The van der Waals surface area contributed by atoms with Crippen molar-refractivity contribution in [3.05, 3.63) is 18.0 Å². The predicted molar refractivity (Wildman–Crippen MR) is 91.4 cm³/mol. The Bertz CT molecular complexity index is 784. The summed E-state index contributed by atoms with van der Waals surface area (Å²) in [5.41, 5.74) is 7.43. The average molecular weight is 340 g/mol. The third kappa shape index (κ3) is 2.66. The molecule has 25 heavy (non-hydrogen) atoms. The molecule has 3 aliphatic heterocycles. The maximum Gasteiger partial charge on any atom is 0.222 e. The number of hydrogen-bond donors (Lipinski definition) is 1. The molecule has 3 aliphatic rings. The molecule has 0 aliphatic carbocycles. The van der Waals surface area contributed by atoms with Crippen LogP contribution in [0.1, 0.15) is 24.8 Å². The van der Waals surface area contributed by atoms with Crippen molar-refractivity contribution in [2.45, 2.75) is 37.9 Å². The zero-order valence-electron chi connectivity index (χ0n) is 13.9. The summed E-state index contributed by atoms with van der Waals surface area (Å²) in [5.74, 6) is 2.47. The molecule has 2 aromatic rings. The number of fused-ring (bicyclic) bond motifs is 3. The summed E-state index contributed by atoms with van der Waals surface area (Å²) in [5, 5.41) is 0. The Hall–Kier alpha value is -2.48. The first-order valence-corrected chi connectivity index (χ1v) is 8.78. The Morgan fingerprint density at radius 3 is 2.60 bits per heavy atom. The number of nitrogen functional groups attached to an aromatic ring is 1. The second kappa shape index (κ2) is 5.80. The molecule has 0 amide bonds. The predicted octanol–water partition coefficient (Wildman–Crippen LogP) is 1.21. The minimum absolute atomic E-state index is 0.239. The molecule has 130 valence electrons. The van der Waals surface area contributed by atoms with Crippen molar-refractivity contribution in [2.75, 3.05) is 30.3 Å². The third-order valence-corrected chi connectivity index (χ3v) is 5.03. The molecule has 8 nitrogen and oxygen atoms in total. The molecule has 0 saturated carbocycles. The van der Waals surface area contributed by atoms with Crippen LogP contribution < -0.4 is 15.4 Å². The summed E-state index contributed by atoms with van der Waals surface area (Å²) >= 11 is 0. The number of hydrogen-bond acceptors (Lipinski definition) is 8. The molecular weight excluding hydrogens is 320 g/mol. The molecule has 2 aromatic heterocycles. The first kappa shape index (κ1) is 14.8. The molecular formula is C17H20N6O2. The van der Waals surface area contributed by atoms with Crippen molar-refractivity contribution in [1.82, 2.24) is 19.9 Å². The number of anilines is 2. The van der Waals surface area contributed by atoms with Gasteiger partial charge in [0.05, 0.1) is 29.9 Å². The monoisotopic (exact) mass is 340 g/mol. The Morgan fingerprint density at radius 1 is 1.08 bits per heavy atom. The van der Waals surface area contributed by atoms with Gasteiger partial charge >= 0.3 is 0 Å². The fourth-order valence-electron chi connectivity index (χ4n) is 3.84. The van der Waals surface area contributed by atoms with Crippen LogP contribution in [0.4, 0.5) is 11.8 Å². The van der Waals surface area contributed by atoms with Gasteiger partial charge < -0.3 is 20.1 Å². The molecule has 5 heterocycles. The van der Waals surface area contributed by atoms with Gasteiger partial charge in [0, 0.05) is 25.5 Å². The van der Waals surface area contributed by atoms with Gasteiger partial charge in [-0.3, -0.25) is 0 Å². The van der Waals surface area contributed by atoms with E-state index in [0.717, 1.165) is 55.7 Å². The molecule has 2 unspecified atom stereocenters. The first-order chi connectivity index (χ1) is 12.3. The zero-order valence-corrected chi connectivity index (χ0v) is 13.9. The van der Waals surface area contributed by atoms with Gasteiger partial charge in [-0.1, -0.05) is 0 Å². The van der Waals surface area contributed by atoms with Crippen LogP contribution >= 0.6 is 0 Å². The molecule has 2 saturated heterocycles. The molecule has 0 aromatic carbocycles. The molecule has 2 fully saturated rings. The number of rotatable bonds is 2. The van der Waals surface area contributed by atoms with Crippen LogP contribution in [-0.2, 0) is 11.2 Å². The fourth-order valence-corrected chi connectivity index (χ4v) is 3.84. The highest BCUT2D eigenvalue weighted by Crippen LogP contribution is 2.36. The van der Waals surface area contributed by atoms with E-state index in [2.05, 4.69) is 19.9 Å². The van der Waals surface area contributed by atoms with Crippen molar-refractivity contribution in [1.29, 1.82) is 0 Å². The third-order valence-electron chi connectivity index (χ3n) is 5.03. The van der Waals surface area contributed by atoms with Crippen molar-refractivity contribution < 1.29 is 9.47 Å². The molecule has 0 spiro atoms. The van der Waals surface area contributed by atoms with Crippen molar-refractivity contribution in [2.24, 2.45) is 0 Å². The maximum atomic E-state index is 5.97. The minimum atomic E-state index is 0.239. The first-order valence-electron chi connectivity index (χ1n) is 8.78. The zero-order chi connectivity index (χ0) is 16.8. The van der Waals surface area contributed by atoms with Crippen LogP contribution in [0.25, 0.3) is 11.4 Å². The molecule has 2 bridgehead atoms. The number of ether oxygens (including phenoxy) is 2. The summed E-state index contributed by atoms with van der Waals surface area (Å²) in [4.78, 5) is 19.9. The van der Waals surface area contributed by atoms with E-state index in [1.165, 1.54) is 0 Å². The highest BCUT2D eigenvalue weighted by Gasteiger charge is 2.36. The fraction of sp³-hybridized carbons (Fsp3) is 0.529. The molecule has 2 atom stereocenters. The topological polar surface area (TPSA) is 99.3 Å². The maximum absolute atomic E-state index is 5.97. The molecule has 5 rings (SSSR count). The van der Waals surface area contributed by atoms with Crippen LogP contribution in [0, 0.1) is 0 Å². The van der Waals surface area contributed by atoms with Gasteiger partial charge in [-0.2, -0.15) is 4.98 Å². The summed E-state index contributed by atoms with van der Waals surface area (Å²) in [6.45, 7) is 2.44. The van der Waals surface area contributed by atoms with E-state index in [9.17, 15) is 0 Å².